The number of ether oxygens (including phenoxy) is 2. The summed E-state index contributed by atoms with van der Waals surface area (Å²) in [4.78, 5) is 4.66. The molecule has 4 nitrogen and oxygen atoms in total. The third-order valence-corrected chi connectivity index (χ3v) is 4.71. The first-order chi connectivity index (χ1) is 11.3. The van der Waals surface area contributed by atoms with Crippen molar-refractivity contribution in [3.8, 4) is 11.5 Å². The van der Waals surface area contributed by atoms with Crippen LogP contribution in [0.15, 0.2) is 53.7 Å². The first-order valence-electron chi connectivity index (χ1n) is 7.59. The van der Waals surface area contributed by atoms with E-state index in [4.69, 9.17) is 9.47 Å². The molecule has 0 spiro atoms. The maximum atomic E-state index is 5.74. The summed E-state index contributed by atoms with van der Waals surface area (Å²) in [6, 6.07) is 15.9. The van der Waals surface area contributed by atoms with E-state index in [0.717, 1.165) is 34.3 Å². The van der Waals surface area contributed by atoms with Gasteiger partial charge in [-0.3, -0.25) is 0 Å². The SMILES string of the molecule is COc1ccc(OCCCSc2nc3ccccc3n2C)cc1. The minimum Gasteiger partial charge on any atom is -0.497 e. The van der Waals surface area contributed by atoms with E-state index in [1.165, 1.54) is 5.52 Å². The Morgan fingerprint density at radius 3 is 2.52 bits per heavy atom. The van der Waals surface area contributed by atoms with Crippen molar-refractivity contribution in [3.05, 3.63) is 48.5 Å². The Morgan fingerprint density at radius 1 is 1.04 bits per heavy atom. The van der Waals surface area contributed by atoms with E-state index in [1.54, 1.807) is 18.9 Å². The molecular weight excluding hydrogens is 308 g/mol. The molecule has 0 radical (unpaired) electrons. The molecule has 0 N–H and O–H groups in total. The number of methoxy groups -OCH3 is 1. The Bertz CT molecular complexity index is 768. The summed E-state index contributed by atoms with van der Waals surface area (Å²) in [5.41, 5.74) is 2.22. The summed E-state index contributed by atoms with van der Waals surface area (Å²) >= 11 is 1.77. The number of hydrogen-bond acceptors (Lipinski definition) is 4. The number of aryl methyl sites for hydroxylation is 1. The van der Waals surface area contributed by atoms with Gasteiger partial charge in [-0.15, -0.1) is 0 Å². The van der Waals surface area contributed by atoms with Gasteiger partial charge in [0, 0.05) is 12.8 Å². The molecule has 0 saturated heterocycles. The summed E-state index contributed by atoms with van der Waals surface area (Å²) < 4.78 is 13.0. The Hall–Kier alpha value is -2.14. The number of benzene rings is 2. The van der Waals surface area contributed by atoms with Crippen molar-refractivity contribution in [2.24, 2.45) is 7.05 Å². The molecule has 0 aliphatic carbocycles. The Labute approximate surface area is 140 Å². The van der Waals surface area contributed by atoms with Crippen LogP contribution in [0.5, 0.6) is 11.5 Å². The third kappa shape index (κ3) is 3.79. The largest absolute Gasteiger partial charge is 0.497 e. The van der Waals surface area contributed by atoms with Crippen molar-refractivity contribution in [1.29, 1.82) is 0 Å². The van der Waals surface area contributed by atoms with Gasteiger partial charge in [0.15, 0.2) is 5.16 Å². The molecule has 3 aromatic rings. The van der Waals surface area contributed by atoms with Crippen LogP contribution in [-0.2, 0) is 7.05 Å². The van der Waals surface area contributed by atoms with Gasteiger partial charge in [-0.25, -0.2) is 4.98 Å². The maximum Gasteiger partial charge on any atom is 0.168 e. The number of fused-ring (bicyclic) bond motifs is 1. The topological polar surface area (TPSA) is 36.3 Å². The monoisotopic (exact) mass is 328 g/mol. The van der Waals surface area contributed by atoms with E-state index < -0.39 is 0 Å². The van der Waals surface area contributed by atoms with Gasteiger partial charge in [0.05, 0.1) is 24.8 Å². The molecule has 0 saturated carbocycles. The van der Waals surface area contributed by atoms with E-state index in [2.05, 4.69) is 22.7 Å². The lowest BCUT2D eigenvalue weighted by molar-refractivity contribution is 0.318. The highest BCUT2D eigenvalue weighted by atomic mass is 32.2. The molecule has 0 aliphatic rings. The van der Waals surface area contributed by atoms with Crippen LogP contribution in [0.4, 0.5) is 0 Å². The molecule has 3 rings (SSSR count). The molecule has 2 aromatic carbocycles. The molecule has 0 fully saturated rings. The van der Waals surface area contributed by atoms with E-state index >= 15 is 0 Å². The number of imidazole rings is 1. The first-order valence-corrected chi connectivity index (χ1v) is 8.57. The molecule has 0 amide bonds. The average molecular weight is 328 g/mol. The first kappa shape index (κ1) is 15.7. The molecule has 120 valence electrons. The Kier molecular flexibility index (Phi) is 5.08. The number of para-hydroxylation sites is 2. The fraction of sp³-hybridized carbons (Fsp3) is 0.278. The standard InChI is InChI=1S/C18H20N2O2S/c1-20-17-7-4-3-6-16(17)19-18(20)23-13-5-12-22-15-10-8-14(21-2)9-11-15/h3-4,6-11H,5,12-13H2,1-2H3. The molecule has 0 aliphatic heterocycles. The Balaban J connectivity index is 1.46. The maximum absolute atomic E-state index is 5.74. The van der Waals surface area contributed by atoms with E-state index in [0.29, 0.717) is 6.61 Å². The molecule has 5 heteroatoms. The van der Waals surface area contributed by atoms with Crippen LogP contribution in [0, 0.1) is 0 Å². The molecule has 0 atom stereocenters. The van der Waals surface area contributed by atoms with E-state index in [9.17, 15) is 0 Å². The highest BCUT2D eigenvalue weighted by Crippen LogP contribution is 2.23. The lowest BCUT2D eigenvalue weighted by Gasteiger charge is -2.07. The highest BCUT2D eigenvalue weighted by molar-refractivity contribution is 7.99. The lowest BCUT2D eigenvalue weighted by atomic mass is 10.3. The van der Waals surface area contributed by atoms with Crippen LogP contribution < -0.4 is 9.47 Å². The van der Waals surface area contributed by atoms with Crippen LogP contribution in [0.3, 0.4) is 0 Å². The van der Waals surface area contributed by atoms with Crippen molar-refractivity contribution >= 4 is 22.8 Å². The summed E-state index contributed by atoms with van der Waals surface area (Å²) in [5.74, 6) is 2.70. The van der Waals surface area contributed by atoms with Crippen molar-refractivity contribution in [3.63, 3.8) is 0 Å². The quantitative estimate of drug-likeness (QED) is 0.482. The van der Waals surface area contributed by atoms with Crippen LogP contribution in [0.25, 0.3) is 11.0 Å². The third-order valence-electron chi connectivity index (χ3n) is 3.59. The predicted octanol–water partition coefficient (Wildman–Crippen LogP) is 4.14. The normalized spacial score (nSPS) is 10.9. The molecule has 0 bridgehead atoms. The van der Waals surface area contributed by atoms with Gasteiger partial charge in [-0.1, -0.05) is 23.9 Å². The van der Waals surface area contributed by atoms with Crippen LogP contribution in [0.1, 0.15) is 6.42 Å². The zero-order chi connectivity index (χ0) is 16.1. The van der Waals surface area contributed by atoms with Crippen molar-refractivity contribution in [1.82, 2.24) is 9.55 Å². The zero-order valence-corrected chi connectivity index (χ0v) is 14.2. The van der Waals surface area contributed by atoms with Crippen LogP contribution in [0.2, 0.25) is 0 Å². The van der Waals surface area contributed by atoms with Gasteiger partial charge < -0.3 is 14.0 Å². The van der Waals surface area contributed by atoms with Gasteiger partial charge >= 0.3 is 0 Å². The van der Waals surface area contributed by atoms with Crippen LogP contribution >= 0.6 is 11.8 Å². The average Bonchev–Trinajstić information content (AvgIpc) is 2.92. The molecule has 1 heterocycles. The van der Waals surface area contributed by atoms with Gasteiger partial charge in [0.2, 0.25) is 0 Å². The van der Waals surface area contributed by atoms with Gasteiger partial charge in [0.1, 0.15) is 11.5 Å². The van der Waals surface area contributed by atoms with E-state index in [1.807, 2.05) is 42.5 Å². The van der Waals surface area contributed by atoms with Crippen molar-refractivity contribution in [2.45, 2.75) is 11.6 Å². The fourth-order valence-electron chi connectivity index (χ4n) is 2.34. The summed E-state index contributed by atoms with van der Waals surface area (Å²) in [6.07, 6.45) is 0.972. The van der Waals surface area contributed by atoms with Gasteiger partial charge in [-0.05, 0) is 42.8 Å². The zero-order valence-electron chi connectivity index (χ0n) is 13.4. The minimum atomic E-state index is 0.698. The number of thioether (sulfide) groups is 1. The molecular formula is C18H20N2O2S. The number of aromatic nitrogens is 2. The second kappa shape index (κ2) is 7.42. The number of hydrogen-bond donors (Lipinski definition) is 0. The fourth-order valence-corrected chi connectivity index (χ4v) is 3.24. The minimum absolute atomic E-state index is 0.698. The number of rotatable bonds is 7. The van der Waals surface area contributed by atoms with Gasteiger partial charge in [-0.2, -0.15) is 0 Å². The smallest absolute Gasteiger partial charge is 0.168 e. The Morgan fingerprint density at radius 2 is 1.78 bits per heavy atom. The van der Waals surface area contributed by atoms with Gasteiger partial charge in [0.25, 0.3) is 0 Å². The molecule has 1 aromatic heterocycles. The summed E-state index contributed by atoms with van der Waals surface area (Å²) in [7, 11) is 3.72. The van der Waals surface area contributed by atoms with E-state index in [-0.39, 0.29) is 0 Å². The highest BCUT2D eigenvalue weighted by Gasteiger charge is 2.07. The van der Waals surface area contributed by atoms with Crippen LogP contribution in [-0.4, -0.2) is 29.0 Å². The summed E-state index contributed by atoms with van der Waals surface area (Å²) in [6.45, 7) is 0.698. The lowest BCUT2D eigenvalue weighted by Crippen LogP contribution is -1.99. The second-order valence-corrected chi connectivity index (χ2v) is 6.23. The van der Waals surface area contributed by atoms with Crippen molar-refractivity contribution < 1.29 is 9.47 Å². The molecule has 23 heavy (non-hydrogen) atoms. The second-order valence-electron chi connectivity index (χ2n) is 5.17. The molecule has 0 unspecified atom stereocenters. The predicted molar refractivity (Wildman–Crippen MR) is 94.5 cm³/mol. The number of nitrogens with zero attached hydrogens (tertiary/aromatic N) is 2. The van der Waals surface area contributed by atoms with Crippen molar-refractivity contribution in [2.75, 3.05) is 19.5 Å². The summed E-state index contributed by atoms with van der Waals surface area (Å²) in [5, 5.41) is 1.05.